The minimum Gasteiger partial charge on any atom is -0.449 e. The molecule has 2 aromatic rings. The zero-order valence-electron chi connectivity index (χ0n) is 14.2. The molecule has 4 rings (SSSR count). The first kappa shape index (κ1) is 20.0. The lowest BCUT2D eigenvalue weighted by Gasteiger charge is -2.45. The van der Waals surface area contributed by atoms with Crippen LogP contribution in [0.25, 0.3) is 11.1 Å². The summed E-state index contributed by atoms with van der Waals surface area (Å²) >= 11 is 0. The Bertz CT molecular complexity index is 735. The third-order valence-electron chi connectivity index (χ3n) is 5.41. The van der Waals surface area contributed by atoms with Crippen LogP contribution in [0.1, 0.15) is 48.4 Å². The molecule has 0 aromatic carbocycles. The van der Waals surface area contributed by atoms with Gasteiger partial charge >= 0.3 is 0 Å². The van der Waals surface area contributed by atoms with Crippen LogP contribution in [0.5, 0.6) is 0 Å². The Labute approximate surface area is 159 Å². The number of nitrogens with two attached hydrogens (primary N) is 1. The van der Waals surface area contributed by atoms with Crippen molar-refractivity contribution in [2.45, 2.75) is 51.1 Å². The van der Waals surface area contributed by atoms with E-state index in [-0.39, 0.29) is 42.8 Å². The fourth-order valence-electron chi connectivity index (χ4n) is 4.39. The Hall–Kier alpha value is -1.30. The lowest BCUT2D eigenvalue weighted by molar-refractivity contribution is 0.0734. The van der Waals surface area contributed by atoms with E-state index in [4.69, 9.17) is 10.2 Å². The van der Waals surface area contributed by atoms with Crippen LogP contribution in [0.2, 0.25) is 0 Å². The summed E-state index contributed by atoms with van der Waals surface area (Å²) < 4.78 is 5.67. The molecule has 2 unspecified atom stereocenters. The second-order valence-electron chi connectivity index (χ2n) is 7.13. The number of amides is 1. The number of halogens is 2. The lowest BCUT2D eigenvalue weighted by atomic mass is 9.67. The maximum atomic E-state index is 12.6. The van der Waals surface area contributed by atoms with Gasteiger partial charge in [0.1, 0.15) is 5.52 Å². The lowest BCUT2D eigenvalue weighted by Crippen LogP contribution is -2.53. The van der Waals surface area contributed by atoms with Crippen LogP contribution in [0.3, 0.4) is 0 Å². The van der Waals surface area contributed by atoms with Crippen molar-refractivity contribution in [2.75, 3.05) is 0 Å². The number of rotatable bonds is 2. The number of furan rings is 1. The van der Waals surface area contributed by atoms with Gasteiger partial charge in [-0.1, -0.05) is 6.42 Å². The van der Waals surface area contributed by atoms with E-state index in [2.05, 4.69) is 10.3 Å². The second-order valence-corrected chi connectivity index (χ2v) is 7.13. The van der Waals surface area contributed by atoms with Crippen molar-refractivity contribution in [1.82, 2.24) is 10.3 Å². The van der Waals surface area contributed by atoms with Crippen molar-refractivity contribution < 1.29 is 9.21 Å². The van der Waals surface area contributed by atoms with Gasteiger partial charge in [0, 0.05) is 23.8 Å². The normalized spacial score (nSPS) is 27.9. The van der Waals surface area contributed by atoms with Crippen LogP contribution in [-0.4, -0.2) is 23.0 Å². The molecule has 1 amide bonds. The standard InChI is InChI=1S/C18H23N3O2.2ClH/c1-10-5-6-15-14(20-10)9-16(23-15)18(22)21-17-11-3-2-4-12(17)8-13(19)7-11;;/h5-6,9,11-13,17H,2-4,7-8,19H2,1H3,(H,21,22);2*1H. The fraction of sp³-hybridized carbons (Fsp3) is 0.556. The molecule has 2 fully saturated rings. The van der Waals surface area contributed by atoms with E-state index in [1.165, 1.54) is 6.42 Å². The Morgan fingerprint density at radius 2 is 1.92 bits per heavy atom. The molecule has 2 aliphatic rings. The summed E-state index contributed by atoms with van der Waals surface area (Å²) in [6.45, 7) is 1.93. The number of carbonyl (C=O) groups is 1. The molecule has 0 aliphatic heterocycles. The third kappa shape index (κ3) is 3.94. The van der Waals surface area contributed by atoms with Crippen LogP contribution in [0.15, 0.2) is 22.6 Å². The van der Waals surface area contributed by atoms with Crippen LogP contribution < -0.4 is 11.1 Å². The topological polar surface area (TPSA) is 81.2 Å². The highest BCUT2D eigenvalue weighted by atomic mass is 35.5. The zero-order chi connectivity index (χ0) is 16.0. The van der Waals surface area contributed by atoms with E-state index in [9.17, 15) is 4.79 Å². The molecule has 2 aliphatic carbocycles. The van der Waals surface area contributed by atoms with Crippen LogP contribution in [0, 0.1) is 18.8 Å². The van der Waals surface area contributed by atoms with Gasteiger partial charge in [-0.2, -0.15) is 0 Å². The Kier molecular flexibility index (Phi) is 6.35. The molecule has 0 saturated heterocycles. The third-order valence-corrected chi connectivity index (χ3v) is 5.41. The van der Waals surface area contributed by atoms with Crippen LogP contribution in [0.4, 0.5) is 0 Å². The van der Waals surface area contributed by atoms with E-state index < -0.39 is 0 Å². The van der Waals surface area contributed by atoms with Gasteiger partial charge in [0.2, 0.25) is 0 Å². The van der Waals surface area contributed by atoms with Crippen molar-refractivity contribution in [3.8, 4) is 0 Å². The molecule has 0 radical (unpaired) electrons. The number of nitrogens with zero attached hydrogens (tertiary/aromatic N) is 1. The van der Waals surface area contributed by atoms with Gasteiger partial charge in [0.15, 0.2) is 11.3 Å². The maximum Gasteiger partial charge on any atom is 0.287 e. The van der Waals surface area contributed by atoms with Crippen LogP contribution >= 0.6 is 24.8 Å². The molecule has 2 aromatic heterocycles. The predicted octanol–water partition coefficient (Wildman–Crippen LogP) is 3.62. The molecule has 2 bridgehead atoms. The Balaban J connectivity index is 0.00000113. The zero-order valence-corrected chi connectivity index (χ0v) is 15.9. The number of nitrogens with one attached hydrogen (secondary N) is 1. The molecule has 7 heteroatoms. The number of carbonyl (C=O) groups excluding carboxylic acids is 1. The molecular weight excluding hydrogens is 361 g/mol. The van der Waals surface area contributed by atoms with Crippen molar-refractivity contribution in [3.63, 3.8) is 0 Å². The number of pyridine rings is 1. The maximum absolute atomic E-state index is 12.6. The Morgan fingerprint density at radius 3 is 2.60 bits per heavy atom. The molecule has 2 saturated carbocycles. The van der Waals surface area contributed by atoms with Gasteiger partial charge in [-0.15, -0.1) is 24.8 Å². The molecule has 2 atom stereocenters. The van der Waals surface area contributed by atoms with Gasteiger partial charge in [0.25, 0.3) is 5.91 Å². The summed E-state index contributed by atoms with van der Waals surface area (Å²) in [7, 11) is 0. The molecular formula is C18H25Cl2N3O2. The van der Waals surface area contributed by atoms with Crippen molar-refractivity contribution in [3.05, 3.63) is 29.7 Å². The van der Waals surface area contributed by atoms with E-state index in [0.29, 0.717) is 23.2 Å². The smallest absolute Gasteiger partial charge is 0.287 e. The van der Waals surface area contributed by atoms with E-state index in [1.807, 2.05) is 19.1 Å². The van der Waals surface area contributed by atoms with Crippen LogP contribution in [-0.2, 0) is 0 Å². The quantitative estimate of drug-likeness (QED) is 0.826. The first-order valence-electron chi connectivity index (χ1n) is 8.54. The number of fused-ring (bicyclic) bond motifs is 3. The fourth-order valence-corrected chi connectivity index (χ4v) is 4.39. The van der Waals surface area contributed by atoms with E-state index >= 15 is 0 Å². The number of hydrogen-bond acceptors (Lipinski definition) is 4. The summed E-state index contributed by atoms with van der Waals surface area (Å²) in [5.74, 6) is 1.24. The monoisotopic (exact) mass is 385 g/mol. The minimum atomic E-state index is -0.127. The summed E-state index contributed by atoms with van der Waals surface area (Å²) in [5, 5.41) is 3.22. The molecule has 5 nitrogen and oxygen atoms in total. The minimum absolute atomic E-state index is 0. The molecule has 25 heavy (non-hydrogen) atoms. The molecule has 3 N–H and O–H groups in total. The first-order chi connectivity index (χ1) is 11.1. The molecule has 0 spiro atoms. The summed E-state index contributed by atoms with van der Waals surface area (Å²) in [4.78, 5) is 17.0. The van der Waals surface area contributed by atoms with Crippen molar-refractivity contribution in [2.24, 2.45) is 17.6 Å². The SMILES string of the molecule is Cc1ccc2oc(C(=O)NC3C4CCCC3CC(N)C4)cc2n1.Cl.Cl. The van der Waals surface area contributed by atoms with Gasteiger partial charge in [-0.05, 0) is 56.6 Å². The second kappa shape index (κ2) is 7.94. The van der Waals surface area contributed by atoms with E-state index in [0.717, 1.165) is 36.9 Å². The highest BCUT2D eigenvalue weighted by Gasteiger charge is 2.40. The van der Waals surface area contributed by atoms with Crippen molar-refractivity contribution in [1.29, 1.82) is 0 Å². The van der Waals surface area contributed by atoms with Gasteiger partial charge in [-0.3, -0.25) is 4.79 Å². The largest absolute Gasteiger partial charge is 0.449 e. The average Bonchev–Trinajstić information content (AvgIpc) is 2.91. The highest BCUT2D eigenvalue weighted by Crippen LogP contribution is 2.39. The van der Waals surface area contributed by atoms with E-state index in [1.54, 1.807) is 6.07 Å². The number of aromatic nitrogens is 1. The molecule has 2 heterocycles. The Morgan fingerprint density at radius 1 is 1.24 bits per heavy atom. The average molecular weight is 386 g/mol. The first-order valence-corrected chi connectivity index (χ1v) is 8.54. The summed E-state index contributed by atoms with van der Waals surface area (Å²) in [6, 6.07) is 6.02. The summed E-state index contributed by atoms with van der Waals surface area (Å²) in [5.41, 5.74) is 8.47. The van der Waals surface area contributed by atoms with Gasteiger partial charge < -0.3 is 15.5 Å². The predicted molar refractivity (Wildman–Crippen MR) is 103 cm³/mol. The number of aryl methyl sites for hydroxylation is 1. The highest BCUT2D eigenvalue weighted by molar-refractivity contribution is 5.95. The van der Waals surface area contributed by atoms with Gasteiger partial charge in [0.05, 0.1) is 0 Å². The van der Waals surface area contributed by atoms with Gasteiger partial charge in [-0.25, -0.2) is 4.98 Å². The summed E-state index contributed by atoms with van der Waals surface area (Å²) in [6.07, 6.45) is 5.61. The van der Waals surface area contributed by atoms with Crippen molar-refractivity contribution >= 4 is 41.8 Å². The number of hydrogen-bond donors (Lipinski definition) is 2. The molecule has 138 valence electrons.